The normalized spacial score (nSPS) is 15.4. The van der Waals surface area contributed by atoms with Gasteiger partial charge in [-0.05, 0) is 55.8 Å². The Kier molecular flexibility index (Phi) is 8.14. The largest absolute Gasteiger partial charge is 0.357 e. The van der Waals surface area contributed by atoms with Crippen LogP contribution in [0.15, 0.2) is 47.6 Å². The fraction of sp³-hybridized carbons (Fsp3) is 0.455. The number of hydrogen-bond donors (Lipinski definition) is 2. The Labute approximate surface area is 179 Å². The molecule has 0 spiro atoms. The molecular formula is C22H31ClN6. The molecule has 3 rings (SSSR count). The first kappa shape index (κ1) is 21.4. The van der Waals surface area contributed by atoms with Gasteiger partial charge in [0.05, 0.1) is 6.54 Å². The van der Waals surface area contributed by atoms with Gasteiger partial charge in [0.25, 0.3) is 0 Å². The highest BCUT2D eigenvalue weighted by Crippen LogP contribution is 2.15. The summed E-state index contributed by atoms with van der Waals surface area (Å²) in [5.41, 5.74) is 2.42. The lowest BCUT2D eigenvalue weighted by Crippen LogP contribution is -2.44. The summed E-state index contributed by atoms with van der Waals surface area (Å²) >= 11 is 5.95. The van der Waals surface area contributed by atoms with E-state index in [1.165, 1.54) is 11.1 Å². The van der Waals surface area contributed by atoms with Crippen molar-refractivity contribution in [1.29, 1.82) is 0 Å². The van der Waals surface area contributed by atoms with Crippen molar-refractivity contribution in [2.45, 2.75) is 19.9 Å². The van der Waals surface area contributed by atoms with Crippen LogP contribution in [0.2, 0.25) is 5.02 Å². The molecule has 2 N–H and O–H groups in total. The van der Waals surface area contributed by atoms with Crippen LogP contribution >= 0.6 is 11.6 Å². The van der Waals surface area contributed by atoms with Crippen LogP contribution in [0.25, 0.3) is 0 Å². The fourth-order valence-electron chi connectivity index (χ4n) is 3.26. The van der Waals surface area contributed by atoms with E-state index in [0.717, 1.165) is 62.5 Å². The quantitative estimate of drug-likeness (QED) is 0.539. The van der Waals surface area contributed by atoms with Crippen molar-refractivity contribution in [1.82, 2.24) is 20.5 Å². The van der Waals surface area contributed by atoms with Crippen LogP contribution in [0.4, 0.5) is 5.82 Å². The van der Waals surface area contributed by atoms with Crippen molar-refractivity contribution in [3.63, 3.8) is 0 Å². The summed E-state index contributed by atoms with van der Waals surface area (Å²) in [6, 6.07) is 12.2. The molecule has 0 unspecified atom stereocenters. The molecule has 1 fully saturated rings. The number of guanidine groups is 1. The van der Waals surface area contributed by atoms with E-state index in [1.807, 2.05) is 24.4 Å². The zero-order valence-electron chi connectivity index (χ0n) is 17.4. The van der Waals surface area contributed by atoms with Gasteiger partial charge in [0.1, 0.15) is 5.82 Å². The van der Waals surface area contributed by atoms with Crippen LogP contribution in [0.3, 0.4) is 0 Å². The number of aromatic nitrogens is 1. The maximum Gasteiger partial charge on any atom is 0.191 e. The van der Waals surface area contributed by atoms with E-state index in [0.29, 0.717) is 6.54 Å². The van der Waals surface area contributed by atoms with Gasteiger partial charge in [-0.1, -0.05) is 23.7 Å². The number of rotatable bonds is 7. The van der Waals surface area contributed by atoms with Crippen LogP contribution in [-0.2, 0) is 13.0 Å². The van der Waals surface area contributed by atoms with Gasteiger partial charge >= 0.3 is 0 Å². The second-order valence-corrected chi connectivity index (χ2v) is 7.75. The summed E-state index contributed by atoms with van der Waals surface area (Å²) in [6.07, 6.45) is 2.81. The molecule has 1 aromatic heterocycles. The zero-order valence-corrected chi connectivity index (χ0v) is 18.1. The van der Waals surface area contributed by atoms with E-state index in [2.05, 4.69) is 57.6 Å². The van der Waals surface area contributed by atoms with Crippen LogP contribution < -0.4 is 15.5 Å². The molecule has 0 saturated carbocycles. The predicted molar refractivity (Wildman–Crippen MR) is 122 cm³/mol. The summed E-state index contributed by atoms with van der Waals surface area (Å²) in [7, 11) is 2.16. The third-order valence-electron chi connectivity index (χ3n) is 5.02. The van der Waals surface area contributed by atoms with Gasteiger partial charge in [-0.25, -0.2) is 9.98 Å². The van der Waals surface area contributed by atoms with Crippen molar-refractivity contribution in [3.8, 4) is 0 Å². The van der Waals surface area contributed by atoms with Gasteiger partial charge in [-0.3, -0.25) is 0 Å². The second-order valence-electron chi connectivity index (χ2n) is 7.31. The van der Waals surface area contributed by atoms with Crippen LogP contribution in [-0.4, -0.2) is 62.2 Å². The number of likely N-dealkylation sites (N-methyl/N-ethyl adjacent to an activating group) is 1. The lowest BCUT2D eigenvalue weighted by Gasteiger charge is -2.33. The summed E-state index contributed by atoms with van der Waals surface area (Å²) in [5.74, 6) is 1.88. The van der Waals surface area contributed by atoms with Gasteiger partial charge in [0.2, 0.25) is 0 Å². The summed E-state index contributed by atoms with van der Waals surface area (Å²) in [5, 5.41) is 7.50. The number of aliphatic imine (C=N–C) groups is 1. The van der Waals surface area contributed by atoms with Gasteiger partial charge in [0, 0.05) is 50.5 Å². The average Bonchev–Trinajstić information content (AvgIpc) is 2.74. The highest BCUT2D eigenvalue weighted by Gasteiger charge is 2.15. The Balaban J connectivity index is 1.55. The average molecular weight is 415 g/mol. The molecule has 0 aliphatic carbocycles. The zero-order chi connectivity index (χ0) is 20.5. The second kappa shape index (κ2) is 11.0. The Hall–Kier alpha value is -2.31. The van der Waals surface area contributed by atoms with E-state index in [9.17, 15) is 0 Å². The Bertz CT molecular complexity index is 784. The standard InChI is InChI=1S/C22H31ClN6/c1-3-24-22(26-11-8-18-4-6-20(23)7-5-18)27-17-19-9-10-25-21(16-19)29-14-12-28(2)13-15-29/h4-7,9-10,16H,3,8,11-15,17H2,1-2H3,(H2,24,26,27). The number of pyridine rings is 1. The van der Waals surface area contributed by atoms with E-state index < -0.39 is 0 Å². The third-order valence-corrected chi connectivity index (χ3v) is 5.27. The van der Waals surface area contributed by atoms with Crippen molar-refractivity contribution < 1.29 is 0 Å². The molecule has 2 heterocycles. The van der Waals surface area contributed by atoms with Crippen LogP contribution in [0.1, 0.15) is 18.1 Å². The molecule has 2 aromatic rings. The van der Waals surface area contributed by atoms with Gasteiger partial charge in [0.15, 0.2) is 5.96 Å². The predicted octanol–water partition coefficient (Wildman–Crippen LogP) is 2.78. The topological polar surface area (TPSA) is 55.8 Å². The molecule has 7 heteroatoms. The van der Waals surface area contributed by atoms with Crippen molar-refractivity contribution in [2.24, 2.45) is 4.99 Å². The molecule has 6 nitrogen and oxygen atoms in total. The molecule has 1 aliphatic rings. The Morgan fingerprint density at radius 3 is 2.55 bits per heavy atom. The summed E-state index contributed by atoms with van der Waals surface area (Å²) in [4.78, 5) is 14.0. The Morgan fingerprint density at radius 2 is 1.83 bits per heavy atom. The van der Waals surface area contributed by atoms with E-state index in [1.54, 1.807) is 0 Å². The molecule has 1 saturated heterocycles. The first-order chi connectivity index (χ1) is 14.1. The maximum absolute atomic E-state index is 5.95. The molecule has 1 aliphatic heterocycles. The van der Waals surface area contributed by atoms with E-state index >= 15 is 0 Å². The SMILES string of the molecule is CCNC(=NCc1ccnc(N2CCN(C)CC2)c1)NCCc1ccc(Cl)cc1. The van der Waals surface area contributed by atoms with E-state index in [-0.39, 0.29) is 0 Å². The molecule has 0 amide bonds. The molecule has 1 aromatic carbocycles. The van der Waals surface area contributed by atoms with Crippen LogP contribution in [0.5, 0.6) is 0 Å². The number of anilines is 1. The maximum atomic E-state index is 5.95. The number of nitrogens with one attached hydrogen (secondary N) is 2. The minimum Gasteiger partial charge on any atom is -0.357 e. The summed E-state index contributed by atoms with van der Waals surface area (Å²) < 4.78 is 0. The first-order valence-corrected chi connectivity index (χ1v) is 10.7. The van der Waals surface area contributed by atoms with Crippen LogP contribution in [0, 0.1) is 0 Å². The fourth-order valence-corrected chi connectivity index (χ4v) is 3.38. The smallest absolute Gasteiger partial charge is 0.191 e. The first-order valence-electron chi connectivity index (χ1n) is 10.3. The molecule has 0 bridgehead atoms. The van der Waals surface area contributed by atoms with Gasteiger partial charge < -0.3 is 20.4 Å². The molecule has 29 heavy (non-hydrogen) atoms. The highest BCUT2D eigenvalue weighted by molar-refractivity contribution is 6.30. The summed E-state index contributed by atoms with van der Waals surface area (Å²) in [6.45, 7) is 8.54. The number of halogens is 1. The molecular weight excluding hydrogens is 384 g/mol. The highest BCUT2D eigenvalue weighted by atomic mass is 35.5. The van der Waals surface area contributed by atoms with Gasteiger partial charge in [-0.15, -0.1) is 0 Å². The lowest BCUT2D eigenvalue weighted by molar-refractivity contribution is 0.312. The number of piperazine rings is 1. The third kappa shape index (κ3) is 6.91. The number of nitrogens with zero attached hydrogens (tertiary/aromatic N) is 4. The molecule has 0 radical (unpaired) electrons. The van der Waals surface area contributed by atoms with Gasteiger partial charge in [-0.2, -0.15) is 0 Å². The number of hydrogen-bond acceptors (Lipinski definition) is 4. The molecule has 0 atom stereocenters. The molecule has 156 valence electrons. The van der Waals surface area contributed by atoms with Crippen molar-refractivity contribution in [2.75, 3.05) is 51.2 Å². The van der Waals surface area contributed by atoms with E-state index in [4.69, 9.17) is 16.6 Å². The Morgan fingerprint density at radius 1 is 1.07 bits per heavy atom. The monoisotopic (exact) mass is 414 g/mol. The minimum absolute atomic E-state index is 0.625. The van der Waals surface area contributed by atoms with Crippen molar-refractivity contribution in [3.05, 3.63) is 58.7 Å². The van der Waals surface area contributed by atoms with Crippen molar-refractivity contribution >= 4 is 23.4 Å². The number of benzene rings is 1. The lowest BCUT2D eigenvalue weighted by atomic mass is 10.1. The minimum atomic E-state index is 0.625.